The van der Waals surface area contributed by atoms with Crippen LogP contribution in [0.5, 0.6) is 0 Å². The number of nitrogens with zero attached hydrogens (tertiary/aromatic N) is 3. The molecule has 1 aromatic carbocycles. The average Bonchev–Trinajstić information content (AvgIpc) is 2.70. The molecule has 30 heavy (non-hydrogen) atoms. The zero-order valence-corrected chi connectivity index (χ0v) is 19.4. The molecule has 6 nitrogen and oxygen atoms in total. The lowest BCUT2D eigenvalue weighted by Crippen LogP contribution is -2.37. The second kappa shape index (κ2) is 10.6. The van der Waals surface area contributed by atoms with Crippen LogP contribution in [-0.2, 0) is 4.79 Å². The maximum Gasteiger partial charge on any atom is 0.224 e. The summed E-state index contributed by atoms with van der Waals surface area (Å²) in [6.07, 6.45) is 5.53. The van der Waals surface area contributed by atoms with Crippen molar-refractivity contribution in [2.45, 2.75) is 58.5 Å². The molecule has 0 bridgehead atoms. The average molecular weight is 432 g/mol. The Hall–Kier alpha value is -2.34. The minimum absolute atomic E-state index is 0. The fourth-order valence-corrected chi connectivity index (χ4v) is 3.91. The Bertz CT molecular complexity index is 832. The van der Waals surface area contributed by atoms with Gasteiger partial charge in [0.1, 0.15) is 5.82 Å². The number of nitrogens with one attached hydrogen (secondary N) is 2. The summed E-state index contributed by atoms with van der Waals surface area (Å²) in [4.78, 5) is 23.8. The summed E-state index contributed by atoms with van der Waals surface area (Å²) in [5, 5.41) is 6.64. The van der Waals surface area contributed by atoms with E-state index < -0.39 is 0 Å². The fourth-order valence-electron chi connectivity index (χ4n) is 3.91. The number of hydrogen-bond donors (Lipinski definition) is 2. The first-order valence-corrected chi connectivity index (χ1v) is 10.5. The first-order valence-electron chi connectivity index (χ1n) is 10.5. The Morgan fingerprint density at radius 2 is 1.73 bits per heavy atom. The molecule has 0 unspecified atom stereocenters. The van der Waals surface area contributed by atoms with E-state index in [2.05, 4.69) is 51.8 Å². The molecule has 1 atom stereocenters. The highest BCUT2D eigenvalue weighted by molar-refractivity contribution is 5.85. The van der Waals surface area contributed by atoms with Crippen molar-refractivity contribution in [3.05, 3.63) is 47.2 Å². The minimum atomic E-state index is 0. The summed E-state index contributed by atoms with van der Waals surface area (Å²) in [5.41, 5.74) is 3.43. The molecule has 0 aliphatic heterocycles. The predicted octanol–water partition coefficient (Wildman–Crippen LogP) is 4.43. The minimum Gasteiger partial charge on any atom is -0.362 e. The number of carbonyl (C=O) groups excluding carboxylic acids is 1. The lowest BCUT2D eigenvalue weighted by atomic mass is 9.85. The molecular weight excluding hydrogens is 398 g/mol. The van der Waals surface area contributed by atoms with E-state index in [1.807, 2.05) is 39.0 Å². The van der Waals surface area contributed by atoms with Crippen molar-refractivity contribution < 1.29 is 4.79 Å². The smallest absolute Gasteiger partial charge is 0.224 e. The molecule has 3 rings (SSSR count). The molecule has 1 saturated carbocycles. The van der Waals surface area contributed by atoms with Crippen LogP contribution in [0.1, 0.15) is 55.3 Å². The van der Waals surface area contributed by atoms with Gasteiger partial charge in [-0.15, -0.1) is 12.4 Å². The molecule has 1 aromatic heterocycles. The molecule has 7 heteroatoms. The van der Waals surface area contributed by atoms with Gasteiger partial charge in [0.25, 0.3) is 0 Å². The van der Waals surface area contributed by atoms with Crippen molar-refractivity contribution in [3.8, 4) is 0 Å². The Morgan fingerprint density at radius 3 is 2.33 bits per heavy atom. The van der Waals surface area contributed by atoms with Gasteiger partial charge in [0.2, 0.25) is 11.9 Å². The molecule has 1 aliphatic carbocycles. The van der Waals surface area contributed by atoms with Crippen LogP contribution in [0.25, 0.3) is 0 Å². The van der Waals surface area contributed by atoms with E-state index in [9.17, 15) is 4.79 Å². The summed E-state index contributed by atoms with van der Waals surface area (Å²) in [6.45, 7) is 6.13. The summed E-state index contributed by atoms with van der Waals surface area (Å²) >= 11 is 0. The SMILES string of the molecule is Cc1ccc([C@H](C)NC(=O)[C@H]2CC[C@@H](Nc3ncc(C)c(N(C)C)n3)CC2)cc1.Cl. The molecule has 1 heterocycles. The quantitative estimate of drug-likeness (QED) is 0.708. The van der Waals surface area contributed by atoms with Crippen LogP contribution in [-0.4, -0.2) is 36.0 Å². The van der Waals surface area contributed by atoms with Gasteiger partial charge in [0.05, 0.1) is 6.04 Å². The molecule has 1 aliphatic rings. The number of anilines is 2. The van der Waals surface area contributed by atoms with E-state index in [1.54, 1.807) is 0 Å². The number of aryl methyl sites for hydroxylation is 2. The van der Waals surface area contributed by atoms with Crippen LogP contribution in [0.15, 0.2) is 30.5 Å². The number of carbonyl (C=O) groups is 1. The van der Waals surface area contributed by atoms with Gasteiger partial charge >= 0.3 is 0 Å². The van der Waals surface area contributed by atoms with E-state index >= 15 is 0 Å². The van der Waals surface area contributed by atoms with Crippen molar-refractivity contribution >= 4 is 30.1 Å². The van der Waals surface area contributed by atoms with Gasteiger partial charge in [-0.2, -0.15) is 4.98 Å². The summed E-state index contributed by atoms with van der Waals surface area (Å²) < 4.78 is 0. The van der Waals surface area contributed by atoms with Crippen molar-refractivity contribution in [1.29, 1.82) is 0 Å². The zero-order valence-electron chi connectivity index (χ0n) is 18.6. The van der Waals surface area contributed by atoms with Gasteiger partial charge in [0.15, 0.2) is 0 Å². The summed E-state index contributed by atoms with van der Waals surface area (Å²) in [5.74, 6) is 1.84. The summed E-state index contributed by atoms with van der Waals surface area (Å²) in [7, 11) is 3.97. The van der Waals surface area contributed by atoms with Crippen molar-refractivity contribution in [2.75, 3.05) is 24.3 Å². The van der Waals surface area contributed by atoms with Gasteiger partial charge in [-0.3, -0.25) is 4.79 Å². The predicted molar refractivity (Wildman–Crippen MR) is 125 cm³/mol. The topological polar surface area (TPSA) is 70.2 Å². The molecule has 2 N–H and O–H groups in total. The maximum absolute atomic E-state index is 12.7. The monoisotopic (exact) mass is 431 g/mol. The van der Waals surface area contributed by atoms with E-state index in [-0.39, 0.29) is 30.3 Å². The highest BCUT2D eigenvalue weighted by Gasteiger charge is 2.27. The molecule has 2 aromatic rings. The van der Waals surface area contributed by atoms with Crippen molar-refractivity contribution in [1.82, 2.24) is 15.3 Å². The first kappa shape index (κ1) is 23.9. The lowest BCUT2D eigenvalue weighted by Gasteiger charge is -2.29. The number of rotatable bonds is 6. The second-order valence-corrected chi connectivity index (χ2v) is 8.43. The lowest BCUT2D eigenvalue weighted by molar-refractivity contribution is -0.126. The van der Waals surface area contributed by atoms with Gasteiger partial charge in [-0.05, 0) is 52.0 Å². The van der Waals surface area contributed by atoms with E-state index in [4.69, 9.17) is 0 Å². The van der Waals surface area contributed by atoms with Crippen LogP contribution in [0.4, 0.5) is 11.8 Å². The van der Waals surface area contributed by atoms with E-state index in [1.165, 1.54) is 5.56 Å². The first-order chi connectivity index (χ1) is 13.8. The zero-order chi connectivity index (χ0) is 21.0. The van der Waals surface area contributed by atoms with E-state index in [0.29, 0.717) is 12.0 Å². The molecule has 0 spiro atoms. The Balaban J connectivity index is 0.00000320. The van der Waals surface area contributed by atoms with Crippen LogP contribution >= 0.6 is 12.4 Å². The third-order valence-corrected chi connectivity index (χ3v) is 5.74. The molecule has 1 amide bonds. The third kappa shape index (κ3) is 6.08. The number of hydrogen-bond acceptors (Lipinski definition) is 5. The van der Waals surface area contributed by atoms with Crippen molar-refractivity contribution in [3.63, 3.8) is 0 Å². The van der Waals surface area contributed by atoms with Gasteiger partial charge in [0, 0.05) is 37.8 Å². The van der Waals surface area contributed by atoms with Crippen LogP contribution < -0.4 is 15.5 Å². The summed E-state index contributed by atoms with van der Waals surface area (Å²) in [6, 6.07) is 8.69. The molecular formula is C23H34ClN5O. The largest absolute Gasteiger partial charge is 0.362 e. The Morgan fingerprint density at radius 1 is 1.10 bits per heavy atom. The number of amides is 1. The highest BCUT2D eigenvalue weighted by Crippen LogP contribution is 2.27. The van der Waals surface area contributed by atoms with Crippen LogP contribution in [0, 0.1) is 19.8 Å². The normalized spacial score (nSPS) is 19.4. The molecule has 0 saturated heterocycles. The molecule has 164 valence electrons. The van der Waals surface area contributed by atoms with Gasteiger partial charge in [-0.25, -0.2) is 4.98 Å². The highest BCUT2D eigenvalue weighted by atomic mass is 35.5. The molecule has 0 radical (unpaired) electrons. The maximum atomic E-state index is 12.7. The molecule has 1 fully saturated rings. The van der Waals surface area contributed by atoms with Gasteiger partial charge < -0.3 is 15.5 Å². The number of benzene rings is 1. The van der Waals surface area contributed by atoms with Crippen LogP contribution in [0.3, 0.4) is 0 Å². The third-order valence-electron chi connectivity index (χ3n) is 5.74. The van der Waals surface area contributed by atoms with Crippen molar-refractivity contribution in [2.24, 2.45) is 5.92 Å². The van der Waals surface area contributed by atoms with Crippen LogP contribution in [0.2, 0.25) is 0 Å². The standard InChI is InChI=1S/C23H33N5O.ClH/c1-15-6-8-18(9-7-15)17(3)25-22(29)19-10-12-20(13-11-19)26-23-24-14-16(2)21(27-23)28(4)5;/h6-9,14,17,19-20H,10-13H2,1-5H3,(H,25,29)(H,24,26,27);1H/t17-,19-,20+;/m0./s1. The Labute approximate surface area is 186 Å². The van der Waals surface area contributed by atoms with E-state index in [0.717, 1.165) is 42.6 Å². The second-order valence-electron chi connectivity index (χ2n) is 8.43. The number of aromatic nitrogens is 2. The van der Waals surface area contributed by atoms with Gasteiger partial charge in [-0.1, -0.05) is 29.8 Å². The number of halogens is 1. The fraction of sp³-hybridized carbons (Fsp3) is 0.522. The Kier molecular flexibility index (Phi) is 8.47.